The minimum Gasteiger partial charge on any atom is -0.367 e. The van der Waals surface area contributed by atoms with Gasteiger partial charge in [0.2, 0.25) is 0 Å². The topological polar surface area (TPSA) is 81.2 Å². The number of aromatic nitrogens is 3. The molecule has 3 aromatic rings. The fraction of sp³-hybridized carbons (Fsp3) is 0.348. The highest BCUT2D eigenvalue weighted by Crippen LogP contribution is 2.24. The Labute approximate surface area is 205 Å². The molecule has 1 unspecified atom stereocenters. The Morgan fingerprint density at radius 2 is 2.16 bits per heavy atom. The van der Waals surface area contributed by atoms with Crippen molar-refractivity contribution in [2.45, 2.75) is 32.4 Å². The quantitative estimate of drug-likeness (QED) is 0.256. The first-order chi connectivity index (χ1) is 15.1. The van der Waals surface area contributed by atoms with Crippen molar-refractivity contribution in [1.82, 2.24) is 25.8 Å². The van der Waals surface area contributed by atoms with E-state index < -0.39 is 0 Å². The Hall–Kier alpha value is -2.69. The second-order valence-corrected chi connectivity index (χ2v) is 7.84. The molecule has 1 saturated heterocycles. The van der Waals surface area contributed by atoms with Gasteiger partial charge in [-0.3, -0.25) is 10.1 Å². The third-order valence-corrected chi connectivity index (χ3v) is 5.50. The maximum atomic E-state index is 14.3. The fourth-order valence-electron chi connectivity index (χ4n) is 3.93. The van der Waals surface area contributed by atoms with E-state index in [1.807, 2.05) is 31.2 Å². The van der Waals surface area contributed by atoms with Crippen LogP contribution in [-0.2, 0) is 6.54 Å². The minimum absolute atomic E-state index is 0. The molecule has 2 heterocycles. The van der Waals surface area contributed by atoms with E-state index in [0.29, 0.717) is 12.2 Å². The third kappa shape index (κ3) is 5.96. The highest BCUT2D eigenvalue weighted by Gasteiger charge is 2.23. The Bertz CT molecular complexity index is 1040. The highest BCUT2D eigenvalue weighted by molar-refractivity contribution is 14.0. The largest absolute Gasteiger partial charge is 0.367 e. The molecule has 0 amide bonds. The molecule has 9 heteroatoms. The van der Waals surface area contributed by atoms with Crippen LogP contribution >= 0.6 is 24.0 Å². The Kier molecular flexibility index (Phi) is 8.43. The van der Waals surface area contributed by atoms with Crippen molar-refractivity contribution < 1.29 is 4.39 Å². The van der Waals surface area contributed by atoms with Crippen LogP contribution in [0.2, 0.25) is 0 Å². The average molecular weight is 549 g/mol. The molecular formula is C23H29FIN7. The average Bonchev–Trinajstić information content (AvgIpc) is 3.34. The molecule has 0 saturated carbocycles. The number of anilines is 1. The number of H-pyrrole nitrogens is 1. The normalized spacial score (nSPS) is 16.4. The Balaban J connectivity index is 0.00000289. The SMILES string of the molecule is CN=C(NCc1cccc(-c2ncn[nH]2)c1)NC1CCCN(c2cc(C)ccc2F)C1.I. The van der Waals surface area contributed by atoms with Crippen molar-refractivity contribution >= 4 is 35.6 Å². The molecule has 0 aliphatic carbocycles. The summed E-state index contributed by atoms with van der Waals surface area (Å²) in [6, 6.07) is 13.6. The van der Waals surface area contributed by atoms with Gasteiger partial charge in [-0.2, -0.15) is 5.10 Å². The van der Waals surface area contributed by atoms with Crippen molar-refractivity contribution in [2.24, 2.45) is 4.99 Å². The molecule has 2 aromatic carbocycles. The lowest BCUT2D eigenvalue weighted by Gasteiger charge is -2.35. The summed E-state index contributed by atoms with van der Waals surface area (Å²) in [5.74, 6) is 1.32. The van der Waals surface area contributed by atoms with E-state index in [9.17, 15) is 4.39 Å². The number of halogens is 2. The van der Waals surface area contributed by atoms with Gasteiger partial charge >= 0.3 is 0 Å². The molecule has 1 fully saturated rings. The van der Waals surface area contributed by atoms with Gasteiger partial charge in [-0.1, -0.05) is 24.3 Å². The summed E-state index contributed by atoms with van der Waals surface area (Å²) in [6.45, 7) is 4.22. The van der Waals surface area contributed by atoms with E-state index in [1.54, 1.807) is 13.1 Å². The third-order valence-electron chi connectivity index (χ3n) is 5.50. The van der Waals surface area contributed by atoms with Gasteiger partial charge in [0.1, 0.15) is 12.1 Å². The zero-order chi connectivity index (χ0) is 21.6. The van der Waals surface area contributed by atoms with E-state index >= 15 is 0 Å². The predicted molar refractivity (Wildman–Crippen MR) is 137 cm³/mol. The summed E-state index contributed by atoms with van der Waals surface area (Å²) in [5.41, 5.74) is 3.85. The smallest absolute Gasteiger partial charge is 0.191 e. The van der Waals surface area contributed by atoms with Crippen LogP contribution in [0, 0.1) is 12.7 Å². The minimum atomic E-state index is -0.166. The van der Waals surface area contributed by atoms with E-state index in [-0.39, 0.29) is 35.8 Å². The lowest BCUT2D eigenvalue weighted by Crippen LogP contribution is -2.51. The van der Waals surface area contributed by atoms with Gasteiger partial charge in [-0.15, -0.1) is 24.0 Å². The number of piperidine rings is 1. The zero-order valence-corrected chi connectivity index (χ0v) is 20.6. The monoisotopic (exact) mass is 549 g/mol. The second kappa shape index (κ2) is 11.3. The number of hydrogen-bond donors (Lipinski definition) is 3. The van der Waals surface area contributed by atoms with Crippen LogP contribution in [0.15, 0.2) is 53.8 Å². The van der Waals surface area contributed by atoms with E-state index in [2.05, 4.69) is 47.8 Å². The first-order valence-corrected chi connectivity index (χ1v) is 10.6. The molecule has 0 bridgehead atoms. The van der Waals surface area contributed by atoms with Crippen molar-refractivity contribution in [3.05, 3.63) is 65.7 Å². The Morgan fingerprint density at radius 1 is 1.28 bits per heavy atom. The van der Waals surface area contributed by atoms with Crippen LogP contribution in [0.25, 0.3) is 11.4 Å². The molecule has 3 N–H and O–H groups in total. The molecule has 0 spiro atoms. The van der Waals surface area contributed by atoms with Crippen LogP contribution in [0.4, 0.5) is 10.1 Å². The number of nitrogens with zero attached hydrogens (tertiary/aromatic N) is 4. The number of nitrogens with one attached hydrogen (secondary N) is 3. The number of aliphatic imine (C=N–C) groups is 1. The lowest BCUT2D eigenvalue weighted by atomic mass is 10.0. The maximum Gasteiger partial charge on any atom is 0.191 e. The summed E-state index contributed by atoms with van der Waals surface area (Å²) < 4.78 is 14.3. The summed E-state index contributed by atoms with van der Waals surface area (Å²) in [5, 5.41) is 13.7. The number of aromatic amines is 1. The van der Waals surface area contributed by atoms with Crippen LogP contribution in [0.1, 0.15) is 24.0 Å². The first-order valence-electron chi connectivity index (χ1n) is 10.6. The summed E-state index contributed by atoms with van der Waals surface area (Å²) >= 11 is 0. The summed E-state index contributed by atoms with van der Waals surface area (Å²) in [4.78, 5) is 10.7. The molecule has 1 aliphatic heterocycles. The lowest BCUT2D eigenvalue weighted by molar-refractivity contribution is 0.462. The van der Waals surface area contributed by atoms with E-state index in [1.165, 1.54) is 6.33 Å². The molecule has 32 heavy (non-hydrogen) atoms. The summed E-state index contributed by atoms with van der Waals surface area (Å²) in [7, 11) is 1.76. The molecule has 7 nitrogen and oxygen atoms in total. The van der Waals surface area contributed by atoms with Gasteiger partial charge in [0, 0.05) is 38.3 Å². The van der Waals surface area contributed by atoms with Crippen molar-refractivity contribution in [3.8, 4) is 11.4 Å². The molecule has 170 valence electrons. The van der Waals surface area contributed by atoms with E-state index in [0.717, 1.165) is 54.4 Å². The number of hydrogen-bond acceptors (Lipinski definition) is 4. The molecule has 0 radical (unpaired) electrons. The fourth-order valence-corrected chi connectivity index (χ4v) is 3.93. The van der Waals surface area contributed by atoms with Crippen molar-refractivity contribution in [2.75, 3.05) is 25.0 Å². The number of rotatable bonds is 5. The van der Waals surface area contributed by atoms with Crippen LogP contribution in [-0.4, -0.2) is 47.3 Å². The molecule has 1 atom stereocenters. The van der Waals surface area contributed by atoms with Crippen LogP contribution in [0.5, 0.6) is 0 Å². The Morgan fingerprint density at radius 3 is 2.94 bits per heavy atom. The number of benzene rings is 2. The summed E-state index contributed by atoms with van der Waals surface area (Å²) in [6.07, 6.45) is 3.52. The first kappa shape index (κ1) is 24.0. The van der Waals surface area contributed by atoms with Gasteiger partial charge in [0.05, 0.1) is 5.69 Å². The van der Waals surface area contributed by atoms with Crippen LogP contribution < -0.4 is 15.5 Å². The molecule has 4 rings (SSSR count). The standard InChI is InChI=1S/C23H28FN7.HI/c1-16-8-9-20(24)21(11-16)31-10-4-7-19(14-31)29-23(25-2)26-13-17-5-3-6-18(12-17)22-27-15-28-30-22;/h3,5-6,8-9,11-12,15,19H,4,7,10,13-14H2,1-2H3,(H2,25,26,29)(H,27,28,30);1H. The van der Waals surface area contributed by atoms with Crippen LogP contribution in [0.3, 0.4) is 0 Å². The number of guanidine groups is 1. The van der Waals surface area contributed by atoms with Gasteiger partial charge in [0.25, 0.3) is 0 Å². The zero-order valence-electron chi connectivity index (χ0n) is 18.3. The predicted octanol–water partition coefficient (Wildman–Crippen LogP) is 3.87. The van der Waals surface area contributed by atoms with Gasteiger partial charge in [0.15, 0.2) is 11.8 Å². The number of aryl methyl sites for hydroxylation is 1. The van der Waals surface area contributed by atoms with Crippen molar-refractivity contribution in [1.29, 1.82) is 0 Å². The maximum absolute atomic E-state index is 14.3. The van der Waals surface area contributed by atoms with Gasteiger partial charge < -0.3 is 15.5 Å². The molecule has 1 aromatic heterocycles. The molecular weight excluding hydrogens is 520 g/mol. The highest BCUT2D eigenvalue weighted by atomic mass is 127. The van der Waals surface area contributed by atoms with E-state index in [4.69, 9.17) is 0 Å². The molecule has 1 aliphatic rings. The van der Waals surface area contributed by atoms with Crippen molar-refractivity contribution in [3.63, 3.8) is 0 Å². The second-order valence-electron chi connectivity index (χ2n) is 7.84. The van der Waals surface area contributed by atoms with Gasteiger partial charge in [-0.25, -0.2) is 9.37 Å². The van der Waals surface area contributed by atoms with Gasteiger partial charge in [-0.05, 0) is 49.1 Å².